The summed E-state index contributed by atoms with van der Waals surface area (Å²) in [5.41, 5.74) is 0.778. The Morgan fingerprint density at radius 1 is 1.45 bits per heavy atom. The first-order chi connectivity index (χ1) is 9.47. The fraction of sp³-hybridized carbons (Fsp3) is 0.643. The largest absolute Gasteiger partial charge is 0.480 e. The first-order valence-corrected chi connectivity index (χ1v) is 6.99. The number of piperidine rings is 1. The van der Waals surface area contributed by atoms with E-state index in [0.29, 0.717) is 24.8 Å². The van der Waals surface area contributed by atoms with Crippen LogP contribution in [0.25, 0.3) is 0 Å². The zero-order chi connectivity index (χ0) is 14.7. The number of rotatable bonds is 4. The maximum Gasteiger partial charge on any atom is 0.326 e. The van der Waals surface area contributed by atoms with Gasteiger partial charge in [0.15, 0.2) is 0 Å². The number of carboxylic acids is 1. The van der Waals surface area contributed by atoms with Crippen molar-refractivity contribution in [1.82, 2.24) is 9.97 Å². The molecular formula is C14H21N3O3. The van der Waals surface area contributed by atoms with E-state index in [0.717, 1.165) is 18.5 Å². The highest BCUT2D eigenvalue weighted by Gasteiger charge is 2.30. The van der Waals surface area contributed by atoms with E-state index in [2.05, 4.69) is 9.97 Å². The number of anilines is 1. The third-order valence-corrected chi connectivity index (χ3v) is 3.22. The Bertz CT molecular complexity index is 491. The number of carboxylic acid groups (broad SMARTS) is 1. The number of hydrogen-bond donors (Lipinski definition) is 1. The van der Waals surface area contributed by atoms with Crippen LogP contribution in [0.3, 0.4) is 0 Å². The highest BCUT2D eigenvalue weighted by Crippen LogP contribution is 2.24. The van der Waals surface area contributed by atoms with Gasteiger partial charge in [-0.2, -0.15) is 4.98 Å². The maximum atomic E-state index is 11.4. The molecule has 0 spiro atoms. The predicted octanol–water partition coefficient (Wildman–Crippen LogP) is 2.02. The van der Waals surface area contributed by atoms with Gasteiger partial charge in [-0.15, -0.1) is 0 Å². The molecule has 0 amide bonds. The van der Waals surface area contributed by atoms with E-state index >= 15 is 0 Å². The number of carbonyl (C=O) groups is 1. The van der Waals surface area contributed by atoms with Crippen molar-refractivity contribution in [2.75, 3.05) is 11.4 Å². The van der Waals surface area contributed by atoms with Crippen molar-refractivity contribution in [2.24, 2.45) is 0 Å². The molecule has 1 fully saturated rings. The van der Waals surface area contributed by atoms with Crippen molar-refractivity contribution >= 4 is 11.9 Å². The molecule has 0 radical (unpaired) electrons. The zero-order valence-corrected chi connectivity index (χ0v) is 12.2. The van der Waals surface area contributed by atoms with Gasteiger partial charge in [0, 0.05) is 18.3 Å². The van der Waals surface area contributed by atoms with Gasteiger partial charge in [0.2, 0.25) is 11.8 Å². The Morgan fingerprint density at radius 3 is 2.85 bits per heavy atom. The molecule has 1 aliphatic heterocycles. The lowest BCUT2D eigenvalue weighted by molar-refractivity contribution is -0.139. The lowest BCUT2D eigenvalue weighted by Crippen LogP contribution is -2.45. The van der Waals surface area contributed by atoms with E-state index in [1.165, 1.54) is 0 Å². The second-order valence-electron chi connectivity index (χ2n) is 5.36. The predicted molar refractivity (Wildman–Crippen MR) is 75.2 cm³/mol. The minimum absolute atomic E-state index is 0.0220. The van der Waals surface area contributed by atoms with Gasteiger partial charge in [-0.05, 0) is 40.0 Å². The highest BCUT2D eigenvalue weighted by molar-refractivity contribution is 5.77. The van der Waals surface area contributed by atoms with E-state index in [1.54, 1.807) is 11.0 Å². The Balaban J connectivity index is 2.30. The van der Waals surface area contributed by atoms with Crippen LogP contribution in [0.1, 0.15) is 38.8 Å². The molecule has 1 unspecified atom stereocenters. The molecule has 2 heterocycles. The molecular weight excluding hydrogens is 258 g/mol. The minimum Gasteiger partial charge on any atom is -0.480 e. The smallest absolute Gasteiger partial charge is 0.326 e. The highest BCUT2D eigenvalue weighted by atomic mass is 16.5. The quantitative estimate of drug-likeness (QED) is 0.908. The summed E-state index contributed by atoms with van der Waals surface area (Å²) in [6, 6.07) is 1.22. The van der Waals surface area contributed by atoms with Crippen LogP contribution in [0.2, 0.25) is 0 Å². The Labute approximate surface area is 118 Å². The van der Waals surface area contributed by atoms with Crippen molar-refractivity contribution in [2.45, 2.75) is 52.2 Å². The molecule has 0 bridgehead atoms. The van der Waals surface area contributed by atoms with Gasteiger partial charge in [0.25, 0.3) is 0 Å². The van der Waals surface area contributed by atoms with Crippen LogP contribution in [0.5, 0.6) is 5.88 Å². The molecule has 1 N–H and O–H groups in total. The van der Waals surface area contributed by atoms with Crippen LogP contribution < -0.4 is 9.64 Å². The molecule has 1 aromatic heterocycles. The standard InChI is InChI=1S/C14H21N3O3/c1-9(2)20-12-8-10(3)15-14(16-12)17-7-5-4-6-11(17)13(18)19/h8-9,11H,4-7H2,1-3H3,(H,18,19). The molecule has 1 aromatic rings. The zero-order valence-electron chi connectivity index (χ0n) is 12.2. The van der Waals surface area contributed by atoms with Crippen LogP contribution in [0.4, 0.5) is 5.95 Å². The molecule has 0 aromatic carbocycles. The molecule has 20 heavy (non-hydrogen) atoms. The van der Waals surface area contributed by atoms with Crippen molar-refractivity contribution in [3.05, 3.63) is 11.8 Å². The maximum absolute atomic E-state index is 11.4. The van der Waals surface area contributed by atoms with Crippen LogP contribution in [-0.2, 0) is 4.79 Å². The molecule has 110 valence electrons. The first-order valence-electron chi connectivity index (χ1n) is 6.99. The van der Waals surface area contributed by atoms with Crippen LogP contribution in [0, 0.1) is 6.92 Å². The summed E-state index contributed by atoms with van der Waals surface area (Å²) in [7, 11) is 0. The van der Waals surface area contributed by atoms with Crippen LogP contribution in [-0.4, -0.2) is 39.7 Å². The van der Waals surface area contributed by atoms with Crippen molar-refractivity contribution in [3.63, 3.8) is 0 Å². The normalized spacial score (nSPS) is 19.2. The lowest BCUT2D eigenvalue weighted by Gasteiger charge is -2.33. The van der Waals surface area contributed by atoms with E-state index in [9.17, 15) is 9.90 Å². The summed E-state index contributed by atoms with van der Waals surface area (Å²) >= 11 is 0. The van der Waals surface area contributed by atoms with Crippen molar-refractivity contribution < 1.29 is 14.6 Å². The number of aryl methyl sites for hydroxylation is 1. The second kappa shape index (κ2) is 6.07. The van der Waals surface area contributed by atoms with Gasteiger partial charge in [0.05, 0.1) is 6.10 Å². The molecule has 6 heteroatoms. The molecule has 0 saturated carbocycles. The Hall–Kier alpha value is -1.85. The summed E-state index contributed by atoms with van der Waals surface area (Å²) in [5.74, 6) is 0.131. The van der Waals surface area contributed by atoms with Gasteiger partial charge in [-0.25, -0.2) is 9.78 Å². The number of nitrogens with zero attached hydrogens (tertiary/aromatic N) is 3. The lowest BCUT2D eigenvalue weighted by atomic mass is 10.0. The fourth-order valence-corrected chi connectivity index (χ4v) is 2.38. The third kappa shape index (κ3) is 3.37. The second-order valence-corrected chi connectivity index (χ2v) is 5.36. The molecule has 0 aliphatic carbocycles. The van der Waals surface area contributed by atoms with Crippen molar-refractivity contribution in [3.8, 4) is 5.88 Å². The van der Waals surface area contributed by atoms with Crippen molar-refractivity contribution in [1.29, 1.82) is 0 Å². The molecule has 1 saturated heterocycles. The van der Waals surface area contributed by atoms with Gasteiger partial charge in [-0.1, -0.05) is 0 Å². The Morgan fingerprint density at radius 2 is 2.20 bits per heavy atom. The van der Waals surface area contributed by atoms with Gasteiger partial charge >= 0.3 is 5.97 Å². The van der Waals surface area contributed by atoms with Gasteiger partial charge in [0.1, 0.15) is 6.04 Å². The first kappa shape index (κ1) is 14.6. The fourth-order valence-electron chi connectivity index (χ4n) is 2.38. The average molecular weight is 279 g/mol. The van der Waals surface area contributed by atoms with Crippen LogP contribution >= 0.6 is 0 Å². The van der Waals surface area contributed by atoms with E-state index < -0.39 is 12.0 Å². The third-order valence-electron chi connectivity index (χ3n) is 3.22. The monoisotopic (exact) mass is 279 g/mol. The number of ether oxygens (including phenoxy) is 1. The Kier molecular flexibility index (Phi) is 4.42. The number of aromatic nitrogens is 2. The minimum atomic E-state index is -0.818. The topological polar surface area (TPSA) is 75.5 Å². The van der Waals surface area contributed by atoms with Gasteiger partial charge < -0.3 is 14.7 Å². The van der Waals surface area contributed by atoms with Crippen LogP contribution in [0.15, 0.2) is 6.07 Å². The van der Waals surface area contributed by atoms with E-state index in [4.69, 9.17) is 4.74 Å². The SMILES string of the molecule is Cc1cc(OC(C)C)nc(N2CCCCC2C(=O)O)n1. The summed E-state index contributed by atoms with van der Waals surface area (Å²) in [6.45, 7) is 6.38. The molecule has 1 atom stereocenters. The van der Waals surface area contributed by atoms with Gasteiger partial charge in [-0.3, -0.25) is 0 Å². The molecule has 2 rings (SSSR count). The summed E-state index contributed by atoms with van der Waals surface area (Å²) in [5, 5.41) is 9.33. The van der Waals surface area contributed by atoms with E-state index in [1.807, 2.05) is 20.8 Å². The summed E-state index contributed by atoms with van der Waals surface area (Å²) in [4.78, 5) is 21.9. The molecule has 1 aliphatic rings. The summed E-state index contributed by atoms with van der Waals surface area (Å²) < 4.78 is 5.60. The average Bonchev–Trinajstić information content (AvgIpc) is 2.37. The number of hydrogen-bond acceptors (Lipinski definition) is 5. The summed E-state index contributed by atoms with van der Waals surface area (Å²) in [6.07, 6.45) is 2.54. The van der Waals surface area contributed by atoms with E-state index in [-0.39, 0.29) is 6.10 Å². The number of aliphatic carboxylic acids is 1. The molecule has 6 nitrogen and oxygen atoms in total.